The highest BCUT2D eigenvalue weighted by atomic mass is 16.2. The van der Waals surface area contributed by atoms with Crippen LogP contribution in [0.4, 0.5) is 0 Å². The monoisotopic (exact) mass is 384 g/mol. The van der Waals surface area contributed by atoms with Crippen LogP contribution >= 0.6 is 0 Å². The van der Waals surface area contributed by atoms with Gasteiger partial charge in [-0.2, -0.15) is 0 Å². The summed E-state index contributed by atoms with van der Waals surface area (Å²) in [5.41, 5.74) is 3.04. The molecule has 0 spiro atoms. The van der Waals surface area contributed by atoms with Crippen molar-refractivity contribution in [2.75, 3.05) is 26.2 Å². The van der Waals surface area contributed by atoms with Gasteiger partial charge >= 0.3 is 0 Å². The number of hydrogen-bond acceptors (Lipinski definition) is 3. The predicted molar refractivity (Wildman–Crippen MR) is 112 cm³/mol. The zero-order valence-electron chi connectivity index (χ0n) is 15.8. The highest BCUT2D eigenvalue weighted by Crippen LogP contribution is 2.21. The van der Waals surface area contributed by atoms with E-state index in [-0.39, 0.29) is 11.8 Å². The van der Waals surface area contributed by atoms with E-state index in [1.807, 2.05) is 64.4 Å². The van der Waals surface area contributed by atoms with Crippen molar-refractivity contribution in [3.05, 3.63) is 78.1 Å². The van der Waals surface area contributed by atoms with Gasteiger partial charge in [0, 0.05) is 37.3 Å². The molecule has 0 bridgehead atoms. The first-order valence-electron chi connectivity index (χ1n) is 9.70. The molecule has 5 rings (SSSR count). The van der Waals surface area contributed by atoms with E-state index >= 15 is 0 Å². The SMILES string of the molecule is O=C(c1ccc2nc[nH]c2c1)N1CCN(C(=O)c2cccc3ccccc23)CC1. The number of carbonyl (C=O) groups is 2. The van der Waals surface area contributed by atoms with Crippen molar-refractivity contribution < 1.29 is 9.59 Å². The van der Waals surface area contributed by atoms with E-state index in [0.717, 1.165) is 21.8 Å². The van der Waals surface area contributed by atoms with Gasteiger partial charge in [0.2, 0.25) is 0 Å². The summed E-state index contributed by atoms with van der Waals surface area (Å²) < 4.78 is 0. The number of carbonyl (C=O) groups excluding carboxylic acids is 2. The van der Waals surface area contributed by atoms with E-state index < -0.39 is 0 Å². The number of H-pyrrole nitrogens is 1. The van der Waals surface area contributed by atoms with Crippen molar-refractivity contribution in [1.82, 2.24) is 19.8 Å². The average Bonchev–Trinajstić information content (AvgIpc) is 3.26. The molecule has 2 amide bonds. The number of aromatic nitrogens is 2. The number of piperazine rings is 1. The lowest BCUT2D eigenvalue weighted by Crippen LogP contribution is -2.50. The molecule has 144 valence electrons. The molecule has 1 aliphatic heterocycles. The summed E-state index contributed by atoms with van der Waals surface area (Å²) in [5.74, 6) is 0.00605. The number of imidazole rings is 1. The molecule has 1 aromatic heterocycles. The fourth-order valence-corrected chi connectivity index (χ4v) is 3.95. The van der Waals surface area contributed by atoms with Crippen LogP contribution in [0.25, 0.3) is 21.8 Å². The van der Waals surface area contributed by atoms with Crippen LogP contribution in [0.3, 0.4) is 0 Å². The third-order valence-corrected chi connectivity index (χ3v) is 5.54. The Hall–Kier alpha value is -3.67. The van der Waals surface area contributed by atoms with Gasteiger partial charge in [0.1, 0.15) is 0 Å². The number of hydrogen-bond donors (Lipinski definition) is 1. The summed E-state index contributed by atoms with van der Waals surface area (Å²) in [7, 11) is 0. The van der Waals surface area contributed by atoms with Crippen LogP contribution in [0.1, 0.15) is 20.7 Å². The minimum Gasteiger partial charge on any atom is -0.345 e. The highest BCUT2D eigenvalue weighted by molar-refractivity contribution is 6.07. The molecule has 2 heterocycles. The van der Waals surface area contributed by atoms with E-state index in [4.69, 9.17) is 0 Å². The molecule has 0 atom stereocenters. The Kier molecular flexibility index (Phi) is 4.24. The van der Waals surface area contributed by atoms with Crippen LogP contribution < -0.4 is 0 Å². The number of aromatic amines is 1. The lowest BCUT2D eigenvalue weighted by atomic mass is 10.0. The van der Waals surface area contributed by atoms with E-state index in [9.17, 15) is 9.59 Å². The molecule has 0 unspecified atom stereocenters. The molecule has 3 aromatic carbocycles. The van der Waals surface area contributed by atoms with Crippen LogP contribution in [0, 0.1) is 0 Å². The Morgan fingerprint density at radius 3 is 2.38 bits per heavy atom. The van der Waals surface area contributed by atoms with Gasteiger partial charge in [0.05, 0.1) is 17.4 Å². The first-order valence-corrected chi connectivity index (χ1v) is 9.70. The molecular weight excluding hydrogens is 364 g/mol. The van der Waals surface area contributed by atoms with Gasteiger partial charge in [0.15, 0.2) is 0 Å². The largest absolute Gasteiger partial charge is 0.345 e. The first kappa shape index (κ1) is 17.4. The van der Waals surface area contributed by atoms with E-state index in [0.29, 0.717) is 37.3 Å². The molecule has 1 aliphatic rings. The minimum atomic E-state index is -0.0150. The summed E-state index contributed by atoms with van der Waals surface area (Å²) >= 11 is 0. The summed E-state index contributed by atoms with van der Waals surface area (Å²) in [6, 6.07) is 19.2. The molecule has 4 aromatic rings. The smallest absolute Gasteiger partial charge is 0.254 e. The van der Waals surface area contributed by atoms with E-state index in [2.05, 4.69) is 9.97 Å². The molecule has 1 fully saturated rings. The standard InChI is InChI=1S/C23H20N4O2/c28-22(17-8-9-20-21(14-17)25-15-24-20)26-10-12-27(13-11-26)23(29)19-7-3-5-16-4-1-2-6-18(16)19/h1-9,14-15H,10-13H2,(H,24,25). The molecule has 1 saturated heterocycles. The Balaban J connectivity index is 1.30. The van der Waals surface area contributed by atoms with Crippen molar-refractivity contribution in [2.24, 2.45) is 0 Å². The fraction of sp³-hybridized carbons (Fsp3) is 0.174. The van der Waals surface area contributed by atoms with Gasteiger partial charge in [0.25, 0.3) is 11.8 Å². The second-order valence-electron chi connectivity index (χ2n) is 7.25. The third-order valence-electron chi connectivity index (χ3n) is 5.54. The zero-order valence-corrected chi connectivity index (χ0v) is 15.8. The lowest BCUT2D eigenvalue weighted by molar-refractivity contribution is 0.0536. The van der Waals surface area contributed by atoms with Gasteiger partial charge in [-0.15, -0.1) is 0 Å². The van der Waals surface area contributed by atoms with Gasteiger partial charge in [-0.05, 0) is 35.0 Å². The molecule has 0 radical (unpaired) electrons. The van der Waals surface area contributed by atoms with Crippen molar-refractivity contribution in [2.45, 2.75) is 0 Å². The number of fused-ring (bicyclic) bond motifs is 2. The number of benzene rings is 3. The van der Waals surface area contributed by atoms with Crippen molar-refractivity contribution in [3.8, 4) is 0 Å². The maximum Gasteiger partial charge on any atom is 0.254 e. The normalized spacial score (nSPS) is 14.5. The number of nitrogens with zero attached hydrogens (tertiary/aromatic N) is 3. The lowest BCUT2D eigenvalue weighted by Gasteiger charge is -2.35. The summed E-state index contributed by atoms with van der Waals surface area (Å²) in [4.78, 5) is 36.8. The van der Waals surface area contributed by atoms with Gasteiger partial charge in [-0.3, -0.25) is 9.59 Å². The van der Waals surface area contributed by atoms with Gasteiger partial charge in [-0.1, -0.05) is 36.4 Å². The molecule has 6 heteroatoms. The van der Waals surface area contributed by atoms with Crippen molar-refractivity contribution in [1.29, 1.82) is 0 Å². The van der Waals surface area contributed by atoms with Crippen LogP contribution in [0.2, 0.25) is 0 Å². The summed E-state index contributed by atoms with van der Waals surface area (Å²) in [6.45, 7) is 2.10. The zero-order chi connectivity index (χ0) is 19.8. The van der Waals surface area contributed by atoms with Crippen LogP contribution in [-0.2, 0) is 0 Å². The fourth-order valence-electron chi connectivity index (χ4n) is 3.95. The maximum absolute atomic E-state index is 13.1. The third kappa shape index (κ3) is 3.12. The Morgan fingerprint density at radius 1 is 0.828 bits per heavy atom. The van der Waals surface area contributed by atoms with Crippen LogP contribution in [0.15, 0.2) is 67.0 Å². The Labute approximate surface area is 167 Å². The summed E-state index contributed by atoms with van der Waals surface area (Å²) in [5, 5.41) is 2.02. The van der Waals surface area contributed by atoms with Crippen molar-refractivity contribution >= 4 is 33.6 Å². The molecule has 29 heavy (non-hydrogen) atoms. The van der Waals surface area contributed by atoms with E-state index in [1.165, 1.54) is 0 Å². The highest BCUT2D eigenvalue weighted by Gasteiger charge is 2.26. The molecule has 6 nitrogen and oxygen atoms in total. The topological polar surface area (TPSA) is 69.3 Å². The van der Waals surface area contributed by atoms with Crippen LogP contribution in [0.5, 0.6) is 0 Å². The maximum atomic E-state index is 13.1. The Morgan fingerprint density at radius 2 is 1.55 bits per heavy atom. The molecule has 0 saturated carbocycles. The second kappa shape index (κ2) is 7.05. The van der Waals surface area contributed by atoms with Crippen molar-refractivity contribution in [3.63, 3.8) is 0 Å². The molecule has 1 N–H and O–H groups in total. The minimum absolute atomic E-state index is 0.0150. The quantitative estimate of drug-likeness (QED) is 0.576. The number of amides is 2. The van der Waals surface area contributed by atoms with Gasteiger partial charge < -0.3 is 14.8 Å². The average molecular weight is 384 g/mol. The number of rotatable bonds is 2. The van der Waals surface area contributed by atoms with Crippen LogP contribution in [-0.4, -0.2) is 57.8 Å². The second-order valence-corrected chi connectivity index (χ2v) is 7.25. The summed E-state index contributed by atoms with van der Waals surface area (Å²) in [6.07, 6.45) is 1.62. The molecular formula is C23H20N4O2. The van der Waals surface area contributed by atoms with E-state index in [1.54, 1.807) is 12.4 Å². The first-order chi connectivity index (χ1) is 14.2. The Bertz CT molecular complexity index is 1220. The number of nitrogens with one attached hydrogen (secondary N) is 1. The van der Waals surface area contributed by atoms with Gasteiger partial charge in [-0.25, -0.2) is 4.98 Å². The molecule has 0 aliphatic carbocycles. The predicted octanol–water partition coefficient (Wildman–Crippen LogP) is 3.31.